The van der Waals surface area contributed by atoms with Crippen LogP contribution in [-0.2, 0) is 4.79 Å². The number of thiazole rings is 1. The van der Waals surface area contributed by atoms with E-state index >= 15 is 0 Å². The molecule has 0 aliphatic heterocycles. The van der Waals surface area contributed by atoms with Crippen molar-refractivity contribution in [2.24, 2.45) is 0 Å². The van der Waals surface area contributed by atoms with E-state index in [1.54, 1.807) is 12.2 Å². The van der Waals surface area contributed by atoms with E-state index in [9.17, 15) is 9.59 Å². The van der Waals surface area contributed by atoms with Crippen LogP contribution in [0.4, 0.5) is 0 Å². The number of carboxylic acids is 1. The maximum atomic E-state index is 10.5. The molecule has 0 fully saturated rings. The summed E-state index contributed by atoms with van der Waals surface area (Å²) >= 11 is 1.09. The highest BCUT2D eigenvalue weighted by atomic mass is 32.1. The molecule has 15 heavy (non-hydrogen) atoms. The number of carbonyl (C=O) groups excluding carboxylic acids is 1. The topological polar surface area (TPSA) is 79.3 Å². The summed E-state index contributed by atoms with van der Waals surface area (Å²) in [4.78, 5) is 25.1. The molecule has 6 heteroatoms. The highest BCUT2D eigenvalue weighted by molar-refractivity contribution is 7.14. The zero-order chi connectivity index (χ0) is 11.3. The average Bonchev–Trinajstić information content (AvgIpc) is 2.60. The first-order chi connectivity index (χ1) is 7.09. The minimum atomic E-state index is -0.978. The monoisotopic (exact) mass is 226 g/mol. The largest absolute Gasteiger partial charge is 0.477 e. The minimum absolute atomic E-state index is 0.106. The Hall–Kier alpha value is -1.69. The van der Waals surface area contributed by atoms with E-state index in [-0.39, 0.29) is 10.8 Å². The van der Waals surface area contributed by atoms with Crippen molar-refractivity contribution in [2.45, 2.75) is 6.92 Å². The Morgan fingerprint density at radius 3 is 2.93 bits per heavy atom. The van der Waals surface area contributed by atoms with E-state index in [2.05, 4.69) is 10.3 Å². The number of aromatic carboxylic acids is 1. The van der Waals surface area contributed by atoms with Gasteiger partial charge in [0.2, 0.25) is 5.91 Å². The second-order valence-corrected chi connectivity index (χ2v) is 3.77. The number of hydrogen-bond acceptors (Lipinski definition) is 4. The average molecular weight is 226 g/mol. The van der Waals surface area contributed by atoms with Gasteiger partial charge in [-0.25, -0.2) is 9.78 Å². The fraction of sp³-hybridized carbons (Fsp3) is 0.222. The summed E-state index contributed by atoms with van der Waals surface area (Å²) in [5.74, 6) is -1.08. The van der Waals surface area contributed by atoms with Gasteiger partial charge in [-0.2, -0.15) is 0 Å². The molecular weight excluding hydrogens is 216 g/mol. The van der Waals surface area contributed by atoms with E-state index in [0.29, 0.717) is 11.6 Å². The minimum Gasteiger partial charge on any atom is -0.477 e. The molecule has 0 unspecified atom stereocenters. The van der Waals surface area contributed by atoms with Gasteiger partial charge in [0.05, 0.1) is 6.20 Å². The Balaban J connectivity index is 2.50. The van der Waals surface area contributed by atoms with Gasteiger partial charge in [-0.05, 0) is 6.08 Å². The van der Waals surface area contributed by atoms with Gasteiger partial charge in [-0.1, -0.05) is 6.08 Å². The van der Waals surface area contributed by atoms with Crippen LogP contribution in [0.1, 0.15) is 21.6 Å². The molecule has 0 atom stereocenters. The summed E-state index contributed by atoms with van der Waals surface area (Å²) in [6.45, 7) is 1.84. The normalized spacial score (nSPS) is 10.5. The number of rotatable bonds is 4. The maximum Gasteiger partial charge on any atom is 0.347 e. The lowest BCUT2D eigenvalue weighted by Crippen LogP contribution is -2.19. The van der Waals surface area contributed by atoms with Gasteiger partial charge in [0, 0.05) is 13.5 Å². The summed E-state index contributed by atoms with van der Waals surface area (Å²) in [6.07, 6.45) is 4.70. The molecule has 0 bridgehead atoms. The molecule has 2 N–H and O–H groups in total. The van der Waals surface area contributed by atoms with E-state index in [1.165, 1.54) is 13.1 Å². The lowest BCUT2D eigenvalue weighted by Gasteiger charge is -1.92. The molecule has 1 amide bonds. The maximum absolute atomic E-state index is 10.5. The lowest BCUT2D eigenvalue weighted by atomic mass is 10.5. The number of aromatic nitrogens is 1. The summed E-state index contributed by atoms with van der Waals surface area (Å²) in [7, 11) is 0. The molecule has 0 aromatic carbocycles. The standard InChI is InChI=1S/C9H10N2O3S/c1-6(12)10-4-2-3-8-11-5-7(15-8)9(13)14/h2-3,5H,4H2,1H3,(H,10,12)(H,13,14). The third kappa shape index (κ3) is 3.90. The van der Waals surface area contributed by atoms with Crippen LogP contribution in [0.3, 0.4) is 0 Å². The quantitative estimate of drug-likeness (QED) is 0.802. The van der Waals surface area contributed by atoms with Crippen molar-refractivity contribution in [2.75, 3.05) is 6.54 Å². The van der Waals surface area contributed by atoms with E-state index < -0.39 is 5.97 Å². The first-order valence-corrected chi connectivity index (χ1v) is 5.01. The van der Waals surface area contributed by atoms with Crippen molar-refractivity contribution in [3.8, 4) is 0 Å². The summed E-state index contributed by atoms with van der Waals surface area (Å²) in [5, 5.41) is 11.8. The molecule has 1 heterocycles. The van der Waals surface area contributed by atoms with Crippen molar-refractivity contribution >= 4 is 29.3 Å². The first kappa shape index (κ1) is 11.4. The number of nitrogens with one attached hydrogen (secondary N) is 1. The second-order valence-electron chi connectivity index (χ2n) is 2.71. The molecule has 0 saturated heterocycles. The summed E-state index contributed by atoms with van der Waals surface area (Å²) < 4.78 is 0. The van der Waals surface area contributed by atoms with E-state index in [0.717, 1.165) is 11.3 Å². The Morgan fingerprint density at radius 2 is 2.40 bits per heavy atom. The van der Waals surface area contributed by atoms with E-state index in [4.69, 9.17) is 5.11 Å². The van der Waals surface area contributed by atoms with Crippen molar-refractivity contribution in [1.82, 2.24) is 10.3 Å². The Bertz CT molecular complexity index is 398. The molecule has 0 spiro atoms. The molecule has 1 aromatic rings. The number of hydrogen-bond donors (Lipinski definition) is 2. The van der Waals surface area contributed by atoms with Crippen LogP contribution in [0.25, 0.3) is 6.08 Å². The van der Waals surface area contributed by atoms with Crippen molar-refractivity contribution in [3.63, 3.8) is 0 Å². The molecule has 0 aliphatic carbocycles. The van der Waals surface area contributed by atoms with Crippen molar-refractivity contribution < 1.29 is 14.7 Å². The zero-order valence-electron chi connectivity index (χ0n) is 8.06. The second kappa shape index (κ2) is 5.26. The van der Waals surface area contributed by atoms with Crippen LogP contribution in [0.5, 0.6) is 0 Å². The van der Waals surface area contributed by atoms with Crippen LogP contribution < -0.4 is 5.32 Å². The highest BCUT2D eigenvalue weighted by Gasteiger charge is 2.05. The Kier molecular flexibility index (Phi) is 3.99. The van der Waals surface area contributed by atoms with Gasteiger partial charge in [-0.15, -0.1) is 11.3 Å². The van der Waals surface area contributed by atoms with Crippen LogP contribution in [0.15, 0.2) is 12.3 Å². The first-order valence-electron chi connectivity index (χ1n) is 4.19. The number of nitrogens with zero attached hydrogens (tertiary/aromatic N) is 1. The van der Waals surface area contributed by atoms with Crippen LogP contribution in [0.2, 0.25) is 0 Å². The third-order valence-corrected chi connectivity index (χ3v) is 2.41. The van der Waals surface area contributed by atoms with Gasteiger partial charge in [0.15, 0.2) is 0 Å². The molecule has 80 valence electrons. The van der Waals surface area contributed by atoms with Gasteiger partial charge in [-0.3, -0.25) is 4.79 Å². The van der Waals surface area contributed by atoms with Crippen molar-refractivity contribution in [3.05, 3.63) is 22.2 Å². The molecule has 0 saturated carbocycles. The fourth-order valence-corrected chi connectivity index (χ4v) is 1.51. The van der Waals surface area contributed by atoms with Crippen LogP contribution in [0, 0.1) is 0 Å². The summed E-state index contributed by atoms with van der Waals surface area (Å²) in [5.41, 5.74) is 0. The summed E-state index contributed by atoms with van der Waals surface area (Å²) in [6, 6.07) is 0. The third-order valence-electron chi connectivity index (χ3n) is 1.46. The molecule has 5 nitrogen and oxygen atoms in total. The predicted octanol–water partition coefficient (Wildman–Crippen LogP) is 0.991. The van der Waals surface area contributed by atoms with Gasteiger partial charge in [0.1, 0.15) is 9.88 Å². The number of carbonyl (C=O) groups is 2. The van der Waals surface area contributed by atoms with Crippen LogP contribution >= 0.6 is 11.3 Å². The molecule has 1 rings (SSSR count). The zero-order valence-corrected chi connectivity index (χ0v) is 8.87. The van der Waals surface area contributed by atoms with Crippen molar-refractivity contribution in [1.29, 1.82) is 0 Å². The van der Waals surface area contributed by atoms with Gasteiger partial charge < -0.3 is 10.4 Å². The highest BCUT2D eigenvalue weighted by Crippen LogP contribution is 2.13. The predicted molar refractivity (Wildman–Crippen MR) is 56.8 cm³/mol. The smallest absolute Gasteiger partial charge is 0.347 e. The van der Waals surface area contributed by atoms with Crippen LogP contribution in [-0.4, -0.2) is 28.5 Å². The molecule has 0 radical (unpaired) electrons. The fourth-order valence-electron chi connectivity index (χ4n) is 0.826. The Morgan fingerprint density at radius 1 is 1.67 bits per heavy atom. The van der Waals surface area contributed by atoms with Gasteiger partial charge >= 0.3 is 5.97 Å². The SMILES string of the molecule is CC(=O)NCC=Cc1ncc(C(=O)O)s1. The molecular formula is C9H10N2O3S. The number of carboxylic acid groups (broad SMARTS) is 1. The number of amides is 1. The Labute approximate surface area is 90.5 Å². The molecule has 1 aromatic heterocycles. The van der Waals surface area contributed by atoms with Gasteiger partial charge in [0.25, 0.3) is 0 Å². The lowest BCUT2D eigenvalue weighted by molar-refractivity contribution is -0.118. The van der Waals surface area contributed by atoms with E-state index in [1.807, 2.05) is 0 Å². The molecule has 0 aliphatic rings.